The quantitative estimate of drug-likeness (QED) is 0.609. The van der Waals surface area contributed by atoms with Gasteiger partial charge in [-0.25, -0.2) is 0 Å². The molecule has 4 fully saturated rings. The number of benzene rings is 2. The second-order valence-electron chi connectivity index (χ2n) is 12.1. The van der Waals surface area contributed by atoms with Gasteiger partial charge in [0.2, 0.25) is 5.91 Å². The van der Waals surface area contributed by atoms with Crippen molar-refractivity contribution in [3.63, 3.8) is 0 Å². The van der Waals surface area contributed by atoms with E-state index in [0.717, 1.165) is 43.9 Å². The van der Waals surface area contributed by atoms with Crippen molar-refractivity contribution in [3.8, 4) is 0 Å². The third-order valence-corrected chi connectivity index (χ3v) is 9.54. The number of nitrogens with one attached hydrogen (secondary N) is 2. The molecule has 2 aromatic carbocycles. The summed E-state index contributed by atoms with van der Waals surface area (Å²) < 4.78 is 0. The van der Waals surface area contributed by atoms with Crippen LogP contribution in [0.5, 0.6) is 0 Å². The summed E-state index contributed by atoms with van der Waals surface area (Å²) in [5.74, 6) is 3.46. The van der Waals surface area contributed by atoms with Gasteiger partial charge in [0, 0.05) is 38.1 Å². The number of fused-ring (bicyclic) bond motifs is 2. The van der Waals surface area contributed by atoms with Gasteiger partial charge >= 0.3 is 0 Å². The zero-order valence-corrected chi connectivity index (χ0v) is 22.8. The summed E-state index contributed by atoms with van der Waals surface area (Å²) in [7, 11) is 4.51. The summed E-state index contributed by atoms with van der Waals surface area (Å²) in [4.78, 5) is 16.5. The number of hydrogen-bond donors (Lipinski definition) is 2. The summed E-state index contributed by atoms with van der Waals surface area (Å²) in [6.45, 7) is 5.47. The van der Waals surface area contributed by atoms with Crippen LogP contribution in [-0.2, 0) is 17.9 Å². The molecule has 2 unspecified atom stereocenters. The molecule has 2 saturated heterocycles. The summed E-state index contributed by atoms with van der Waals surface area (Å²) in [5, 5.41) is 6.55. The van der Waals surface area contributed by atoms with Crippen LogP contribution in [0.25, 0.3) is 0 Å². The Balaban J connectivity index is 0.000000152. The first kappa shape index (κ1) is 26.4. The van der Waals surface area contributed by atoms with E-state index >= 15 is 0 Å². The molecule has 0 bridgehead atoms. The van der Waals surface area contributed by atoms with Crippen molar-refractivity contribution in [2.45, 2.75) is 63.7 Å². The first-order valence-electron chi connectivity index (χ1n) is 14.5. The molecule has 2 heterocycles. The number of piperidine rings is 2. The van der Waals surface area contributed by atoms with Crippen LogP contribution in [0.3, 0.4) is 0 Å². The molecule has 6 rings (SSSR count). The number of carbonyl (C=O) groups excluding carboxylic acids is 1. The fourth-order valence-corrected chi connectivity index (χ4v) is 7.31. The van der Waals surface area contributed by atoms with Crippen molar-refractivity contribution < 1.29 is 4.79 Å². The zero-order valence-electron chi connectivity index (χ0n) is 22.8. The molecule has 0 spiro atoms. The molecule has 4 aliphatic rings. The predicted molar refractivity (Wildman–Crippen MR) is 151 cm³/mol. The average molecular weight is 503 g/mol. The van der Waals surface area contributed by atoms with Crippen LogP contribution < -0.4 is 10.6 Å². The highest BCUT2D eigenvalue weighted by atomic mass is 16.1. The van der Waals surface area contributed by atoms with E-state index in [9.17, 15) is 4.79 Å². The van der Waals surface area contributed by atoms with Crippen molar-refractivity contribution in [2.75, 3.05) is 33.7 Å². The normalized spacial score (nSPS) is 30.9. The largest absolute Gasteiger partial charge is 0.356 e. The van der Waals surface area contributed by atoms with Gasteiger partial charge in [-0.15, -0.1) is 0 Å². The number of hydrogen-bond acceptors (Lipinski definition) is 4. The summed E-state index contributed by atoms with van der Waals surface area (Å²) >= 11 is 0. The Labute approximate surface area is 224 Å². The van der Waals surface area contributed by atoms with Gasteiger partial charge < -0.3 is 10.6 Å². The minimum atomic E-state index is 0.243. The fraction of sp³-hybridized carbons (Fsp3) is 0.594. The molecule has 0 radical (unpaired) electrons. The molecule has 5 heteroatoms. The van der Waals surface area contributed by atoms with Crippen LogP contribution in [-0.4, -0.2) is 61.5 Å². The maximum absolute atomic E-state index is 11.4. The SMILES string of the molecule is CN(Cc1ccccc1)C1C[C@H]2CC(=O)NC[C@H]2C1.CN(Cc1ccccc1)C1C[C@H]2CCNC[C@H]2C1. The maximum atomic E-state index is 11.4. The van der Waals surface area contributed by atoms with Crippen molar-refractivity contribution >= 4 is 5.91 Å². The molecule has 2 aromatic rings. The van der Waals surface area contributed by atoms with Crippen LogP contribution in [0.15, 0.2) is 60.7 Å². The molecule has 5 nitrogen and oxygen atoms in total. The highest BCUT2D eigenvalue weighted by Gasteiger charge is 2.39. The van der Waals surface area contributed by atoms with Crippen molar-refractivity contribution in [2.24, 2.45) is 23.7 Å². The topological polar surface area (TPSA) is 47.6 Å². The Morgan fingerprint density at radius 3 is 1.78 bits per heavy atom. The van der Waals surface area contributed by atoms with Gasteiger partial charge in [0.1, 0.15) is 0 Å². The standard InChI is InChI=1S/C16H22N2O.C16H24N2/c1-18(11-12-5-3-2-4-6-12)15-7-13-9-16(19)17-10-14(13)8-15;1-18(12-13-5-3-2-4-6-13)16-9-14-7-8-17-11-15(14)10-16/h2-6,13-15H,7-11H2,1H3,(H,17,19);2-6,14-17H,7-12H2,1H3/t13-,14+,15?;14-,15-,16?/m01/s1. The molecule has 0 aromatic heterocycles. The Kier molecular flexibility index (Phi) is 8.96. The van der Waals surface area contributed by atoms with E-state index < -0.39 is 0 Å². The first-order chi connectivity index (χ1) is 18.0. The van der Waals surface area contributed by atoms with E-state index in [2.05, 4.69) is 95.2 Å². The number of carbonyl (C=O) groups is 1. The Morgan fingerprint density at radius 2 is 1.22 bits per heavy atom. The van der Waals surface area contributed by atoms with Gasteiger partial charge in [-0.05, 0) is 94.1 Å². The molecule has 37 heavy (non-hydrogen) atoms. The molecular weight excluding hydrogens is 456 g/mol. The van der Waals surface area contributed by atoms with Crippen LogP contribution in [0, 0.1) is 23.7 Å². The molecule has 200 valence electrons. The highest BCUT2D eigenvalue weighted by molar-refractivity contribution is 5.77. The lowest BCUT2D eigenvalue weighted by atomic mass is 9.89. The monoisotopic (exact) mass is 502 g/mol. The number of amides is 1. The molecule has 6 atom stereocenters. The Morgan fingerprint density at radius 1 is 0.703 bits per heavy atom. The second kappa shape index (κ2) is 12.6. The van der Waals surface area contributed by atoms with Gasteiger partial charge in [0.05, 0.1) is 0 Å². The zero-order chi connectivity index (χ0) is 25.6. The highest BCUT2D eigenvalue weighted by Crippen LogP contribution is 2.39. The smallest absolute Gasteiger partial charge is 0.220 e. The van der Waals surface area contributed by atoms with Gasteiger partial charge in [0.25, 0.3) is 0 Å². The average Bonchev–Trinajstić information content (AvgIpc) is 3.55. The number of rotatable bonds is 6. The van der Waals surface area contributed by atoms with E-state index in [4.69, 9.17) is 0 Å². The van der Waals surface area contributed by atoms with Crippen LogP contribution >= 0.6 is 0 Å². The van der Waals surface area contributed by atoms with Gasteiger partial charge in [-0.1, -0.05) is 60.7 Å². The Bertz CT molecular complexity index is 969. The summed E-state index contributed by atoms with van der Waals surface area (Å²) in [6.07, 6.45) is 7.34. The van der Waals surface area contributed by atoms with Gasteiger partial charge in [-0.3, -0.25) is 14.6 Å². The van der Waals surface area contributed by atoms with Crippen LogP contribution in [0.4, 0.5) is 0 Å². The lowest BCUT2D eigenvalue weighted by molar-refractivity contribution is -0.124. The maximum Gasteiger partial charge on any atom is 0.220 e. The third-order valence-electron chi connectivity index (χ3n) is 9.54. The van der Waals surface area contributed by atoms with Gasteiger partial charge in [0.15, 0.2) is 0 Å². The van der Waals surface area contributed by atoms with E-state index in [-0.39, 0.29) is 5.91 Å². The lowest BCUT2D eigenvalue weighted by Crippen LogP contribution is -2.38. The van der Waals surface area contributed by atoms with Crippen molar-refractivity contribution in [1.29, 1.82) is 0 Å². The van der Waals surface area contributed by atoms with E-state index in [1.54, 1.807) is 0 Å². The molecule has 2 aliphatic carbocycles. The van der Waals surface area contributed by atoms with Crippen molar-refractivity contribution in [3.05, 3.63) is 71.8 Å². The predicted octanol–water partition coefficient (Wildman–Crippen LogP) is 4.54. The van der Waals surface area contributed by atoms with E-state index in [0.29, 0.717) is 17.9 Å². The molecular formula is C32H46N4O. The minimum Gasteiger partial charge on any atom is -0.356 e. The summed E-state index contributed by atoms with van der Waals surface area (Å²) in [6, 6.07) is 22.9. The lowest BCUT2D eigenvalue weighted by Gasteiger charge is -2.25. The molecule has 2 aliphatic heterocycles. The van der Waals surface area contributed by atoms with Crippen LogP contribution in [0.1, 0.15) is 49.7 Å². The molecule has 1 amide bonds. The van der Waals surface area contributed by atoms with E-state index in [1.807, 2.05) is 0 Å². The van der Waals surface area contributed by atoms with Gasteiger partial charge in [-0.2, -0.15) is 0 Å². The number of nitrogens with zero attached hydrogens (tertiary/aromatic N) is 2. The first-order valence-corrected chi connectivity index (χ1v) is 14.5. The van der Waals surface area contributed by atoms with Crippen molar-refractivity contribution in [1.82, 2.24) is 20.4 Å². The molecule has 2 saturated carbocycles. The molecule has 2 N–H and O–H groups in total. The fourth-order valence-electron chi connectivity index (χ4n) is 7.31. The minimum absolute atomic E-state index is 0.243. The van der Waals surface area contributed by atoms with E-state index in [1.165, 1.54) is 56.3 Å². The van der Waals surface area contributed by atoms with Crippen LogP contribution in [0.2, 0.25) is 0 Å². The Hall–Kier alpha value is -2.21. The third kappa shape index (κ3) is 7.01. The second-order valence-corrected chi connectivity index (χ2v) is 12.1. The summed E-state index contributed by atoms with van der Waals surface area (Å²) in [5.41, 5.74) is 2.81.